The van der Waals surface area contributed by atoms with Crippen molar-refractivity contribution in [2.24, 2.45) is 5.84 Å². The van der Waals surface area contributed by atoms with Crippen molar-refractivity contribution in [1.29, 1.82) is 0 Å². The fourth-order valence-corrected chi connectivity index (χ4v) is 0.825. The molecule has 0 aromatic heterocycles. The van der Waals surface area contributed by atoms with Crippen molar-refractivity contribution in [2.45, 2.75) is 13.3 Å². The Balaban J connectivity index is 2.88. The summed E-state index contributed by atoms with van der Waals surface area (Å²) in [6, 6.07) is -0.574. The van der Waals surface area contributed by atoms with E-state index in [2.05, 4.69) is 5.32 Å². The van der Waals surface area contributed by atoms with Crippen molar-refractivity contribution < 1.29 is 9.59 Å². The van der Waals surface area contributed by atoms with Gasteiger partial charge >= 0.3 is 6.03 Å². The number of urea groups is 1. The van der Waals surface area contributed by atoms with Gasteiger partial charge in [0, 0.05) is 0 Å². The summed E-state index contributed by atoms with van der Waals surface area (Å²) in [5.74, 6) is 4.80. The first-order chi connectivity index (χ1) is 5.16. The van der Waals surface area contributed by atoms with Crippen LogP contribution in [0.5, 0.6) is 0 Å². The minimum atomic E-state index is -0.574. The zero-order chi connectivity index (χ0) is 8.43. The second-order valence-corrected chi connectivity index (χ2v) is 2.13. The van der Waals surface area contributed by atoms with Crippen LogP contribution in [-0.2, 0) is 4.79 Å². The van der Waals surface area contributed by atoms with Crippen LogP contribution in [-0.4, -0.2) is 16.9 Å². The van der Waals surface area contributed by atoms with Crippen molar-refractivity contribution in [2.75, 3.05) is 0 Å². The van der Waals surface area contributed by atoms with Crippen LogP contribution in [0, 0.1) is 0 Å². The normalized spacial score (nSPS) is 21.3. The third kappa shape index (κ3) is 1.22. The number of imide groups is 1. The Kier molecular flexibility index (Phi) is 1.91. The molecule has 0 unspecified atom stereocenters. The van der Waals surface area contributed by atoms with Gasteiger partial charge in [0.2, 0.25) is 0 Å². The molecule has 0 spiro atoms. The number of carbonyl (C=O) groups is 2. The fourth-order valence-electron chi connectivity index (χ4n) is 0.825. The number of nitrogens with two attached hydrogens (primary N) is 1. The van der Waals surface area contributed by atoms with E-state index < -0.39 is 11.9 Å². The van der Waals surface area contributed by atoms with Gasteiger partial charge in [0.05, 0.1) is 0 Å². The highest BCUT2D eigenvalue weighted by atomic mass is 16.2. The molecule has 0 saturated carbocycles. The predicted molar refractivity (Wildman–Crippen MR) is 37.9 cm³/mol. The summed E-state index contributed by atoms with van der Waals surface area (Å²) in [6.45, 7) is 1.86. The molecular weight excluding hydrogens is 146 g/mol. The molecule has 1 rings (SSSR count). The van der Waals surface area contributed by atoms with Gasteiger partial charge in [-0.2, -0.15) is 0 Å². The highest BCUT2D eigenvalue weighted by molar-refractivity contribution is 6.11. The number of hydrogen-bond donors (Lipinski definition) is 2. The van der Waals surface area contributed by atoms with Gasteiger partial charge in [-0.15, -0.1) is 0 Å². The summed E-state index contributed by atoms with van der Waals surface area (Å²) in [6.07, 6.45) is 2.27. The van der Waals surface area contributed by atoms with Crippen LogP contribution in [0.15, 0.2) is 11.8 Å². The third-order valence-corrected chi connectivity index (χ3v) is 1.33. The molecule has 0 aromatic rings. The van der Waals surface area contributed by atoms with Crippen LogP contribution in [0.1, 0.15) is 13.3 Å². The zero-order valence-electron chi connectivity index (χ0n) is 6.13. The van der Waals surface area contributed by atoms with E-state index >= 15 is 0 Å². The smallest absolute Gasteiger partial charge is 0.271 e. The molecule has 0 aliphatic carbocycles. The minimum absolute atomic E-state index is 0.220. The lowest BCUT2D eigenvalue weighted by Gasteiger charge is -2.04. The summed E-state index contributed by atoms with van der Waals surface area (Å²) in [5.41, 5.74) is 0.220. The molecule has 5 nitrogen and oxygen atoms in total. The Morgan fingerprint density at radius 2 is 2.27 bits per heavy atom. The maximum atomic E-state index is 10.9. The van der Waals surface area contributed by atoms with E-state index in [0.717, 1.165) is 5.01 Å². The molecule has 0 atom stereocenters. The molecule has 3 amide bonds. The Labute approximate surface area is 63.8 Å². The van der Waals surface area contributed by atoms with E-state index in [1.54, 1.807) is 6.08 Å². The number of hydrogen-bond acceptors (Lipinski definition) is 3. The molecule has 1 aliphatic heterocycles. The Bertz CT molecular complexity index is 234. The van der Waals surface area contributed by atoms with Gasteiger partial charge < -0.3 is 0 Å². The maximum absolute atomic E-state index is 10.9. The summed E-state index contributed by atoms with van der Waals surface area (Å²) in [7, 11) is 0. The van der Waals surface area contributed by atoms with Crippen LogP contribution >= 0.6 is 0 Å². The van der Waals surface area contributed by atoms with Gasteiger partial charge in [0.15, 0.2) is 0 Å². The van der Waals surface area contributed by atoms with E-state index in [1.165, 1.54) is 0 Å². The highest BCUT2D eigenvalue weighted by Gasteiger charge is 2.29. The number of carbonyl (C=O) groups excluding carboxylic acids is 2. The number of hydrazine groups is 1. The number of rotatable bonds is 1. The Morgan fingerprint density at radius 3 is 2.64 bits per heavy atom. The maximum Gasteiger partial charge on any atom is 0.343 e. The van der Waals surface area contributed by atoms with E-state index in [9.17, 15) is 9.59 Å². The van der Waals surface area contributed by atoms with Crippen molar-refractivity contribution in [3.63, 3.8) is 0 Å². The fraction of sp³-hybridized carbons (Fsp3) is 0.333. The van der Waals surface area contributed by atoms with Crippen LogP contribution in [0.3, 0.4) is 0 Å². The highest BCUT2D eigenvalue weighted by Crippen LogP contribution is 2.07. The number of amides is 3. The summed E-state index contributed by atoms with van der Waals surface area (Å²) < 4.78 is 0. The molecule has 1 saturated heterocycles. The Morgan fingerprint density at radius 1 is 1.64 bits per heavy atom. The van der Waals surface area contributed by atoms with Crippen molar-refractivity contribution >= 4 is 11.9 Å². The molecule has 3 N–H and O–H groups in total. The van der Waals surface area contributed by atoms with E-state index in [0.29, 0.717) is 6.42 Å². The number of allylic oxidation sites excluding steroid dienone is 1. The zero-order valence-corrected chi connectivity index (χ0v) is 6.13. The standard InChI is InChI=1S/C6H9N3O2/c1-2-3-4-5(10)8-6(11)9(4)7/h3H,2,7H2,1H3,(H,8,10,11)/b4-3-. The lowest BCUT2D eigenvalue weighted by atomic mass is 10.3. The predicted octanol–water partition coefficient (Wildman–Crippen LogP) is -0.294. The molecule has 5 heteroatoms. The first-order valence-electron chi connectivity index (χ1n) is 3.27. The average Bonchev–Trinajstić information content (AvgIpc) is 2.17. The molecule has 60 valence electrons. The summed E-state index contributed by atoms with van der Waals surface area (Å²) in [4.78, 5) is 21.6. The molecule has 1 fully saturated rings. The lowest BCUT2D eigenvalue weighted by molar-refractivity contribution is -0.116. The monoisotopic (exact) mass is 155 g/mol. The topological polar surface area (TPSA) is 75.4 Å². The van der Waals surface area contributed by atoms with Crippen molar-refractivity contribution in [3.8, 4) is 0 Å². The second-order valence-electron chi connectivity index (χ2n) is 2.13. The van der Waals surface area contributed by atoms with Crippen LogP contribution in [0.4, 0.5) is 4.79 Å². The molecule has 1 heterocycles. The first kappa shape index (κ1) is 7.74. The molecule has 0 radical (unpaired) electrons. The molecule has 0 bridgehead atoms. The lowest BCUT2D eigenvalue weighted by Crippen LogP contribution is -2.33. The minimum Gasteiger partial charge on any atom is -0.271 e. The van der Waals surface area contributed by atoms with Gasteiger partial charge in [-0.25, -0.2) is 15.6 Å². The van der Waals surface area contributed by atoms with E-state index in [4.69, 9.17) is 5.84 Å². The summed E-state index contributed by atoms with van der Waals surface area (Å²) in [5, 5.41) is 2.87. The van der Waals surface area contributed by atoms with Crippen LogP contribution in [0.25, 0.3) is 0 Å². The summed E-state index contributed by atoms with van der Waals surface area (Å²) >= 11 is 0. The van der Waals surface area contributed by atoms with Gasteiger partial charge in [-0.1, -0.05) is 13.0 Å². The quantitative estimate of drug-likeness (QED) is 0.236. The molecular formula is C6H9N3O2. The van der Waals surface area contributed by atoms with Crippen LogP contribution in [0.2, 0.25) is 0 Å². The average molecular weight is 155 g/mol. The van der Waals surface area contributed by atoms with Crippen LogP contribution < -0.4 is 11.2 Å². The Hall–Kier alpha value is -1.36. The molecule has 11 heavy (non-hydrogen) atoms. The number of nitrogens with one attached hydrogen (secondary N) is 1. The first-order valence-corrected chi connectivity index (χ1v) is 3.27. The van der Waals surface area contributed by atoms with Gasteiger partial charge in [-0.3, -0.25) is 10.1 Å². The molecule has 0 aromatic carbocycles. The number of nitrogens with zero attached hydrogens (tertiary/aromatic N) is 1. The SMILES string of the molecule is CC/C=C1/C(=O)NC(=O)N1N. The second kappa shape index (κ2) is 2.71. The van der Waals surface area contributed by atoms with E-state index in [1.807, 2.05) is 6.92 Å². The van der Waals surface area contributed by atoms with Gasteiger partial charge in [0.1, 0.15) is 5.70 Å². The van der Waals surface area contributed by atoms with Gasteiger partial charge in [-0.05, 0) is 6.42 Å². The van der Waals surface area contributed by atoms with E-state index in [-0.39, 0.29) is 5.70 Å². The van der Waals surface area contributed by atoms with Crippen molar-refractivity contribution in [3.05, 3.63) is 11.8 Å². The largest absolute Gasteiger partial charge is 0.343 e. The van der Waals surface area contributed by atoms with Crippen molar-refractivity contribution in [1.82, 2.24) is 10.3 Å². The third-order valence-electron chi connectivity index (χ3n) is 1.33. The van der Waals surface area contributed by atoms with Gasteiger partial charge in [0.25, 0.3) is 5.91 Å². The molecule has 1 aliphatic rings.